The molecule has 1 aromatic carbocycles. The summed E-state index contributed by atoms with van der Waals surface area (Å²) in [6.07, 6.45) is 0.509. The number of morpholine rings is 1. The molecule has 1 saturated heterocycles. The first-order valence-corrected chi connectivity index (χ1v) is 7.51. The monoisotopic (exact) mass is 321 g/mol. The highest BCUT2D eigenvalue weighted by molar-refractivity contribution is 5.86. The molecule has 23 heavy (non-hydrogen) atoms. The highest BCUT2D eigenvalue weighted by Crippen LogP contribution is 2.31. The van der Waals surface area contributed by atoms with Gasteiger partial charge in [0, 0.05) is 6.54 Å². The number of hydrogen-bond donors (Lipinski definition) is 1. The summed E-state index contributed by atoms with van der Waals surface area (Å²) in [5.41, 5.74) is 0.897. The average molecular weight is 321 g/mol. The van der Waals surface area contributed by atoms with Crippen molar-refractivity contribution in [2.45, 2.75) is 12.5 Å². The van der Waals surface area contributed by atoms with Gasteiger partial charge in [-0.15, -0.1) is 0 Å². The van der Waals surface area contributed by atoms with E-state index in [-0.39, 0.29) is 25.7 Å². The van der Waals surface area contributed by atoms with Crippen LogP contribution in [0.25, 0.3) is 0 Å². The van der Waals surface area contributed by atoms with Gasteiger partial charge in [-0.3, -0.25) is 4.79 Å². The van der Waals surface area contributed by atoms with Crippen molar-refractivity contribution < 1.29 is 28.9 Å². The molecule has 0 bridgehead atoms. The summed E-state index contributed by atoms with van der Waals surface area (Å²) >= 11 is 0. The van der Waals surface area contributed by atoms with E-state index in [4.69, 9.17) is 14.2 Å². The summed E-state index contributed by atoms with van der Waals surface area (Å²) in [7, 11) is 1.58. The minimum atomic E-state index is -1.04. The SMILES string of the molecule is COc1ccc2c(c1)CC(C(=O)N1CCOCC1C(=O)O)CO2. The Morgan fingerprint density at radius 2 is 2.17 bits per heavy atom. The molecule has 0 aromatic heterocycles. The second kappa shape index (κ2) is 6.45. The van der Waals surface area contributed by atoms with Crippen molar-refractivity contribution in [1.29, 1.82) is 0 Å². The van der Waals surface area contributed by atoms with Gasteiger partial charge in [-0.2, -0.15) is 0 Å². The number of methoxy groups -OCH3 is 1. The molecule has 2 aliphatic heterocycles. The van der Waals surface area contributed by atoms with Crippen LogP contribution in [0.2, 0.25) is 0 Å². The third-order valence-corrected chi connectivity index (χ3v) is 4.22. The van der Waals surface area contributed by atoms with Crippen LogP contribution >= 0.6 is 0 Å². The maximum absolute atomic E-state index is 12.7. The summed E-state index contributed by atoms with van der Waals surface area (Å²) in [6.45, 7) is 0.922. The maximum Gasteiger partial charge on any atom is 0.328 e. The van der Waals surface area contributed by atoms with Gasteiger partial charge in [0.1, 0.15) is 18.1 Å². The fourth-order valence-corrected chi connectivity index (χ4v) is 2.96. The molecule has 7 heteroatoms. The minimum absolute atomic E-state index is 0.0268. The zero-order valence-corrected chi connectivity index (χ0v) is 12.9. The van der Waals surface area contributed by atoms with Crippen LogP contribution in [0.4, 0.5) is 0 Å². The molecular formula is C16H19NO6. The number of carbonyl (C=O) groups excluding carboxylic acids is 1. The molecule has 2 atom stereocenters. The van der Waals surface area contributed by atoms with Crippen LogP contribution in [0.1, 0.15) is 5.56 Å². The molecule has 0 aliphatic carbocycles. The average Bonchev–Trinajstić information content (AvgIpc) is 2.60. The van der Waals surface area contributed by atoms with E-state index >= 15 is 0 Å². The number of ether oxygens (including phenoxy) is 3. The van der Waals surface area contributed by atoms with Gasteiger partial charge in [-0.1, -0.05) is 0 Å². The summed E-state index contributed by atoms with van der Waals surface area (Å²) < 4.78 is 16.0. The Hall–Kier alpha value is -2.28. The van der Waals surface area contributed by atoms with Crippen molar-refractivity contribution in [3.63, 3.8) is 0 Å². The number of fused-ring (bicyclic) bond motifs is 1. The van der Waals surface area contributed by atoms with Crippen LogP contribution < -0.4 is 9.47 Å². The van der Waals surface area contributed by atoms with E-state index in [9.17, 15) is 14.7 Å². The predicted octanol–water partition coefficient (Wildman–Crippen LogP) is 0.558. The van der Waals surface area contributed by atoms with Crippen LogP contribution in [0.15, 0.2) is 18.2 Å². The quantitative estimate of drug-likeness (QED) is 0.875. The lowest BCUT2D eigenvalue weighted by Crippen LogP contribution is -2.55. The summed E-state index contributed by atoms with van der Waals surface area (Å²) in [6, 6.07) is 4.55. The van der Waals surface area contributed by atoms with E-state index in [1.807, 2.05) is 18.2 Å². The standard InChI is InChI=1S/C16H19NO6/c1-21-12-2-3-14-10(7-12)6-11(8-23-14)15(18)17-4-5-22-9-13(17)16(19)20/h2-3,7,11,13H,4-6,8-9H2,1H3,(H,19,20). The Labute approximate surface area is 133 Å². The molecule has 124 valence electrons. The highest BCUT2D eigenvalue weighted by Gasteiger charge is 2.37. The molecule has 0 radical (unpaired) electrons. The third-order valence-electron chi connectivity index (χ3n) is 4.22. The van der Waals surface area contributed by atoms with Gasteiger partial charge in [0.15, 0.2) is 6.04 Å². The Balaban J connectivity index is 1.76. The fraction of sp³-hybridized carbons (Fsp3) is 0.500. The number of aliphatic carboxylic acids is 1. The van der Waals surface area contributed by atoms with Gasteiger partial charge in [-0.25, -0.2) is 4.79 Å². The molecule has 1 fully saturated rings. The second-order valence-electron chi connectivity index (χ2n) is 5.65. The van der Waals surface area contributed by atoms with E-state index in [0.717, 1.165) is 11.3 Å². The van der Waals surface area contributed by atoms with E-state index in [2.05, 4.69) is 0 Å². The molecule has 7 nitrogen and oxygen atoms in total. The van der Waals surface area contributed by atoms with Crippen molar-refractivity contribution in [3.05, 3.63) is 23.8 Å². The van der Waals surface area contributed by atoms with Gasteiger partial charge >= 0.3 is 5.97 Å². The Morgan fingerprint density at radius 1 is 1.35 bits per heavy atom. The summed E-state index contributed by atoms with van der Waals surface area (Å²) in [4.78, 5) is 25.4. The van der Waals surface area contributed by atoms with Crippen molar-refractivity contribution in [1.82, 2.24) is 4.90 Å². The topological polar surface area (TPSA) is 85.3 Å². The van der Waals surface area contributed by atoms with E-state index in [1.54, 1.807) is 7.11 Å². The van der Waals surface area contributed by atoms with Crippen LogP contribution in [0.5, 0.6) is 11.5 Å². The first-order valence-electron chi connectivity index (χ1n) is 7.51. The van der Waals surface area contributed by atoms with Crippen molar-refractivity contribution in [3.8, 4) is 11.5 Å². The van der Waals surface area contributed by atoms with E-state index in [0.29, 0.717) is 18.8 Å². The van der Waals surface area contributed by atoms with Gasteiger partial charge < -0.3 is 24.2 Å². The Kier molecular flexibility index (Phi) is 4.38. The lowest BCUT2D eigenvalue weighted by molar-refractivity contribution is -0.161. The second-order valence-corrected chi connectivity index (χ2v) is 5.65. The van der Waals surface area contributed by atoms with E-state index < -0.39 is 17.9 Å². The highest BCUT2D eigenvalue weighted by atomic mass is 16.5. The smallest absolute Gasteiger partial charge is 0.328 e. The van der Waals surface area contributed by atoms with Crippen LogP contribution in [-0.4, -0.2) is 61.4 Å². The summed E-state index contributed by atoms with van der Waals surface area (Å²) in [5.74, 6) is -0.192. The van der Waals surface area contributed by atoms with Gasteiger partial charge in [0.05, 0.1) is 26.2 Å². The van der Waals surface area contributed by atoms with Crippen molar-refractivity contribution in [2.24, 2.45) is 5.92 Å². The van der Waals surface area contributed by atoms with Gasteiger partial charge in [0.2, 0.25) is 5.91 Å². The molecule has 2 unspecified atom stereocenters. The van der Waals surface area contributed by atoms with E-state index in [1.165, 1.54) is 4.90 Å². The molecular weight excluding hydrogens is 302 g/mol. The predicted molar refractivity (Wildman–Crippen MR) is 79.6 cm³/mol. The van der Waals surface area contributed by atoms with Gasteiger partial charge in [0.25, 0.3) is 0 Å². The molecule has 1 aromatic rings. The fourth-order valence-electron chi connectivity index (χ4n) is 2.96. The van der Waals surface area contributed by atoms with Crippen molar-refractivity contribution in [2.75, 3.05) is 33.5 Å². The molecule has 0 spiro atoms. The number of carboxylic acids is 1. The number of carbonyl (C=O) groups is 2. The molecule has 3 rings (SSSR count). The molecule has 1 N–H and O–H groups in total. The number of carboxylic acid groups (broad SMARTS) is 1. The Bertz CT molecular complexity index is 617. The largest absolute Gasteiger partial charge is 0.497 e. The lowest BCUT2D eigenvalue weighted by Gasteiger charge is -2.36. The zero-order valence-electron chi connectivity index (χ0n) is 12.9. The third kappa shape index (κ3) is 3.10. The number of benzene rings is 1. The normalized spacial score (nSPS) is 23.6. The maximum atomic E-state index is 12.7. The number of rotatable bonds is 3. The molecule has 2 aliphatic rings. The first kappa shape index (κ1) is 15.6. The minimum Gasteiger partial charge on any atom is -0.497 e. The number of hydrogen-bond acceptors (Lipinski definition) is 5. The first-order chi connectivity index (χ1) is 11.1. The Morgan fingerprint density at radius 3 is 2.91 bits per heavy atom. The molecule has 2 heterocycles. The van der Waals surface area contributed by atoms with Crippen LogP contribution in [0.3, 0.4) is 0 Å². The van der Waals surface area contributed by atoms with Crippen LogP contribution in [0, 0.1) is 5.92 Å². The molecule has 0 saturated carbocycles. The van der Waals surface area contributed by atoms with Crippen LogP contribution in [-0.2, 0) is 20.7 Å². The lowest BCUT2D eigenvalue weighted by atomic mass is 9.94. The summed E-state index contributed by atoms with van der Waals surface area (Å²) in [5, 5.41) is 9.26. The van der Waals surface area contributed by atoms with Gasteiger partial charge in [-0.05, 0) is 30.2 Å². The number of amides is 1. The molecule has 1 amide bonds. The zero-order chi connectivity index (χ0) is 16.4. The number of nitrogens with zero attached hydrogens (tertiary/aromatic N) is 1. The van der Waals surface area contributed by atoms with Crippen molar-refractivity contribution >= 4 is 11.9 Å².